The van der Waals surface area contributed by atoms with Crippen LogP contribution in [0.15, 0.2) is 45.8 Å². The number of H-pyrrole nitrogens is 1. The highest BCUT2D eigenvalue weighted by atomic mass is 35.5. The van der Waals surface area contributed by atoms with Crippen LogP contribution in [0.4, 0.5) is 0 Å². The van der Waals surface area contributed by atoms with Gasteiger partial charge in [-0.2, -0.15) is 0 Å². The van der Waals surface area contributed by atoms with E-state index in [1.54, 1.807) is 31.2 Å². The Morgan fingerprint density at radius 2 is 2.00 bits per heavy atom. The Bertz CT molecular complexity index is 916. The fourth-order valence-electron chi connectivity index (χ4n) is 1.92. The molecule has 0 spiro atoms. The maximum atomic E-state index is 12.3. The number of sulfonamides is 1. The van der Waals surface area contributed by atoms with Crippen LogP contribution >= 0.6 is 11.6 Å². The second-order valence-electron chi connectivity index (χ2n) is 4.83. The predicted molar refractivity (Wildman–Crippen MR) is 84.3 cm³/mol. The Morgan fingerprint density at radius 1 is 1.26 bits per heavy atom. The van der Waals surface area contributed by atoms with E-state index in [0.717, 1.165) is 5.56 Å². The molecule has 3 aromatic rings. The number of benzene rings is 1. The van der Waals surface area contributed by atoms with Gasteiger partial charge in [0.05, 0.1) is 0 Å². The smallest absolute Gasteiger partial charge is 0.264 e. The van der Waals surface area contributed by atoms with E-state index >= 15 is 0 Å². The minimum Gasteiger partial charge on any atom is -0.420 e. The molecule has 0 unspecified atom stereocenters. The first-order chi connectivity index (χ1) is 10.9. The summed E-state index contributed by atoms with van der Waals surface area (Å²) in [6.45, 7) is 1.82. The average molecular weight is 353 g/mol. The molecule has 2 heterocycles. The maximum Gasteiger partial charge on any atom is 0.264 e. The largest absolute Gasteiger partial charge is 0.420 e. The average Bonchev–Trinajstić information content (AvgIpc) is 3.16. The summed E-state index contributed by atoms with van der Waals surface area (Å²) in [6, 6.07) is 8.37. The third-order valence-corrected chi connectivity index (χ3v) is 4.74. The molecule has 3 rings (SSSR count). The normalized spacial score (nSPS) is 11.7. The highest BCUT2D eigenvalue weighted by Gasteiger charge is 2.18. The molecule has 0 amide bonds. The predicted octanol–water partition coefficient (Wildman–Crippen LogP) is 2.51. The minimum atomic E-state index is -3.65. The molecule has 120 valence electrons. The molecule has 9 heteroatoms. The lowest BCUT2D eigenvalue weighted by Crippen LogP contribution is -2.22. The molecule has 0 aliphatic carbocycles. The Kier molecular flexibility index (Phi) is 4.20. The van der Waals surface area contributed by atoms with Crippen molar-refractivity contribution < 1.29 is 12.8 Å². The number of nitrogens with zero attached hydrogens (tertiary/aromatic N) is 2. The molecule has 0 saturated carbocycles. The quantitative estimate of drug-likeness (QED) is 0.734. The van der Waals surface area contributed by atoms with Gasteiger partial charge in [0, 0.05) is 24.7 Å². The summed E-state index contributed by atoms with van der Waals surface area (Å²) in [5.41, 5.74) is 1.25. The molecule has 1 aromatic carbocycles. The SMILES string of the molecule is Cc1nnc(-c2cc(S(=O)(=O)NCc3ccc(Cl)cc3)c[nH]2)o1. The molecule has 0 radical (unpaired) electrons. The summed E-state index contributed by atoms with van der Waals surface area (Å²) >= 11 is 5.80. The van der Waals surface area contributed by atoms with Gasteiger partial charge in [-0.25, -0.2) is 13.1 Å². The third-order valence-electron chi connectivity index (χ3n) is 3.10. The van der Waals surface area contributed by atoms with Crippen LogP contribution in [0.1, 0.15) is 11.5 Å². The van der Waals surface area contributed by atoms with Gasteiger partial charge in [0.1, 0.15) is 10.6 Å². The number of aromatic nitrogens is 3. The van der Waals surface area contributed by atoms with Gasteiger partial charge >= 0.3 is 0 Å². The number of halogens is 1. The highest BCUT2D eigenvalue weighted by molar-refractivity contribution is 7.89. The first-order valence-corrected chi connectivity index (χ1v) is 8.53. The number of nitrogens with one attached hydrogen (secondary N) is 2. The molecule has 0 atom stereocenters. The molecule has 7 nitrogen and oxygen atoms in total. The lowest BCUT2D eigenvalue weighted by atomic mass is 10.2. The fraction of sp³-hybridized carbons (Fsp3) is 0.143. The van der Waals surface area contributed by atoms with Gasteiger partial charge in [-0.3, -0.25) is 0 Å². The highest BCUT2D eigenvalue weighted by Crippen LogP contribution is 2.20. The van der Waals surface area contributed by atoms with Crippen molar-refractivity contribution in [2.45, 2.75) is 18.4 Å². The van der Waals surface area contributed by atoms with Crippen molar-refractivity contribution in [3.63, 3.8) is 0 Å². The minimum absolute atomic E-state index is 0.0947. The first kappa shape index (κ1) is 15.7. The third kappa shape index (κ3) is 3.61. The van der Waals surface area contributed by atoms with Gasteiger partial charge in [0.25, 0.3) is 5.89 Å². The topological polar surface area (TPSA) is 101 Å². The van der Waals surface area contributed by atoms with Crippen molar-refractivity contribution in [1.82, 2.24) is 19.9 Å². The molecular formula is C14H13ClN4O3S. The number of aromatic amines is 1. The van der Waals surface area contributed by atoms with Gasteiger partial charge < -0.3 is 9.40 Å². The fourth-order valence-corrected chi connectivity index (χ4v) is 3.06. The van der Waals surface area contributed by atoms with Crippen LogP contribution in [0.2, 0.25) is 5.02 Å². The zero-order chi connectivity index (χ0) is 16.4. The number of rotatable bonds is 5. The van der Waals surface area contributed by atoms with E-state index in [1.807, 2.05) is 0 Å². The summed E-state index contributed by atoms with van der Waals surface area (Å²) in [5, 5.41) is 8.14. The Morgan fingerprint density at radius 3 is 2.65 bits per heavy atom. The molecule has 0 aliphatic rings. The van der Waals surface area contributed by atoms with Gasteiger partial charge in [0.15, 0.2) is 0 Å². The lowest BCUT2D eigenvalue weighted by molar-refractivity contribution is 0.531. The lowest BCUT2D eigenvalue weighted by Gasteiger charge is -2.05. The van der Waals surface area contributed by atoms with Crippen molar-refractivity contribution in [2.24, 2.45) is 0 Å². The zero-order valence-electron chi connectivity index (χ0n) is 12.1. The van der Waals surface area contributed by atoms with Crippen LogP contribution in [0.3, 0.4) is 0 Å². The van der Waals surface area contributed by atoms with Crippen LogP contribution in [-0.2, 0) is 16.6 Å². The van der Waals surface area contributed by atoms with Crippen molar-refractivity contribution in [3.05, 3.63) is 53.0 Å². The van der Waals surface area contributed by atoms with Crippen molar-refractivity contribution in [1.29, 1.82) is 0 Å². The maximum absolute atomic E-state index is 12.3. The Labute approximate surface area is 137 Å². The summed E-state index contributed by atoms with van der Waals surface area (Å²) in [6.07, 6.45) is 1.37. The van der Waals surface area contributed by atoms with Gasteiger partial charge in [0.2, 0.25) is 15.9 Å². The van der Waals surface area contributed by atoms with E-state index in [1.165, 1.54) is 12.3 Å². The summed E-state index contributed by atoms with van der Waals surface area (Å²) in [4.78, 5) is 2.91. The van der Waals surface area contributed by atoms with E-state index in [-0.39, 0.29) is 17.3 Å². The second kappa shape index (κ2) is 6.15. The Balaban J connectivity index is 1.75. The van der Waals surface area contributed by atoms with Gasteiger partial charge in [-0.15, -0.1) is 10.2 Å². The van der Waals surface area contributed by atoms with Crippen molar-refractivity contribution >= 4 is 21.6 Å². The van der Waals surface area contributed by atoms with Gasteiger partial charge in [-0.1, -0.05) is 23.7 Å². The summed E-state index contributed by atoms with van der Waals surface area (Å²) in [7, 11) is -3.65. The van der Waals surface area contributed by atoms with E-state index in [0.29, 0.717) is 16.6 Å². The molecular weight excluding hydrogens is 340 g/mol. The van der Waals surface area contributed by atoms with Crippen LogP contribution in [-0.4, -0.2) is 23.6 Å². The molecule has 0 aliphatic heterocycles. The number of hydrogen-bond donors (Lipinski definition) is 2. The molecule has 23 heavy (non-hydrogen) atoms. The van der Waals surface area contributed by atoms with Gasteiger partial charge in [-0.05, 0) is 23.8 Å². The van der Waals surface area contributed by atoms with Crippen LogP contribution in [0.5, 0.6) is 0 Å². The van der Waals surface area contributed by atoms with Crippen molar-refractivity contribution in [3.8, 4) is 11.6 Å². The van der Waals surface area contributed by atoms with E-state index in [9.17, 15) is 8.42 Å². The summed E-state index contributed by atoms with van der Waals surface area (Å²) < 4.78 is 32.4. The van der Waals surface area contributed by atoms with E-state index < -0.39 is 10.0 Å². The van der Waals surface area contributed by atoms with Crippen molar-refractivity contribution in [2.75, 3.05) is 0 Å². The standard InChI is InChI=1S/C14H13ClN4O3S/c1-9-18-19-14(22-9)13-6-12(8-16-13)23(20,21)17-7-10-2-4-11(15)5-3-10/h2-6,8,16-17H,7H2,1H3. The van der Waals surface area contributed by atoms with Crippen LogP contribution < -0.4 is 4.72 Å². The molecule has 0 saturated heterocycles. The number of aryl methyl sites for hydroxylation is 1. The summed E-state index contributed by atoms with van der Waals surface area (Å²) in [5.74, 6) is 0.640. The zero-order valence-corrected chi connectivity index (χ0v) is 13.6. The van der Waals surface area contributed by atoms with E-state index in [2.05, 4.69) is 19.9 Å². The first-order valence-electron chi connectivity index (χ1n) is 6.67. The Hall–Kier alpha value is -2.16. The molecule has 2 N–H and O–H groups in total. The number of hydrogen-bond acceptors (Lipinski definition) is 5. The van der Waals surface area contributed by atoms with Crippen LogP contribution in [0, 0.1) is 6.92 Å². The molecule has 0 fully saturated rings. The monoisotopic (exact) mass is 352 g/mol. The van der Waals surface area contributed by atoms with E-state index in [4.69, 9.17) is 16.0 Å². The molecule has 0 bridgehead atoms. The molecule has 2 aromatic heterocycles. The second-order valence-corrected chi connectivity index (χ2v) is 7.03. The van der Waals surface area contributed by atoms with Crippen LogP contribution in [0.25, 0.3) is 11.6 Å².